The number of guanidine groups is 1. The van der Waals surface area contributed by atoms with Crippen molar-refractivity contribution in [3.8, 4) is 0 Å². The van der Waals surface area contributed by atoms with Gasteiger partial charge < -0.3 is 10.6 Å². The zero-order chi connectivity index (χ0) is 15.5. The average Bonchev–Trinajstić information content (AvgIpc) is 2.46. The number of piperidine rings is 1. The zero-order valence-electron chi connectivity index (χ0n) is 13.3. The van der Waals surface area contributed by atoms with Crippen LogP contribution < -0.4 is 10.6 Å². The molecule has 0 aromatic carbocycles. The second kappa shape index (κ2) is 10.2. The molecule has 1 aliphatic rings. The van der Waals surface area contributed by atoms with Gasteiger partial charge in [0.2, 0.25) is 11.8 Å². The van der Waals surface area contributed by atoms with Gasteiger partial charge in [0.25, 0.3) is 0 Å². The van der Waals surface area contributed by atoms with Gasteiger partial charge in [0.05, 0.1) is 0 Å². The molecule has 0 unspecified atom stereocenters. The molecule has 0 spiro atoms. The van der Waals surface area contributed by atoms with Crippen LogP contribution in [0.4, 0.5) is 0 Å². The molecule has 1 aliphatic heterocycles. The Hall–Kier alpha value is -1.59. The first-order valence-electron chi connectivity index (χ1n) is 8.04. The van der Waals surface area contributed by atoms with Crippen LogP contribution in [0.5, 0.6) is 0 Å². The smallest absolute Gasteiger partial charge is 0.229 e. The third kappa shape index (κ3) is 6.60. The van der Waals surface area contributed by atoms with Crippen LogP contribution in [-0.4, -0.2) is 48.9 Å². The van der Waals surface area contributed by atoms with Crippen molar-refractivity contribution in [2.45, 2.75) is 52.4 Å². The molecule has 1 rings (SSSR count). The minimum atomic E-state index is -0.0575. The highest BCUT2D eigenvalue weighted by Gasteiger charge is 2.25. The quantitative estimate of drug-likeness (QED) is 0.306. The summed E-state index contributed by atoms with van der Waals surface area (Å²) in [5, 5.41) is 6.35. The Balaban J connectivity index is 2.35. The van der Waals surface area contributed by atoms with Crippen LogP contribution in [0.2, 0.25) is 0 Å². The van der Waals surface area contributed by atoms with Gasteiger partial charge in [-0.1, -0.05) is 19.8 Å². The van der Waals surface area contributed by atoms with Crippen LogP contribution >= 0.6 is 0 Å². The molecule has 0 saturated carbocycles. The largest absolute Gasteiger partial charge is 0.357 e. The van der Waals surface area contributed by atoms with E-state index in [2.05, 4.69) is 22.5 Å². The number of rotatable bonds is 8. The van der Waals surface area contributed by atoms with Gasteiger partial charge >= 0.3 is 0 Å². The fraction of sp³-hybridized carbons (Fsp3) is 0.800. The highest BCUT2D eigenvalue weighted by atomic mass is 16.2. The lowest BCUT2D eigenvalue weighted by Gasteiger charge is -2.25. The Morgan fingerprint density at radius 3 is 2.48 bits per heavy atom. The van der Waals surface area contributed by atoms with E-state index in [1.807, 2.05) is 6.92 Å². The maximum atomic E-state index is 11.7. The average molecular weight is 296 g/mol. The fourth-order valence-electron chi connectivity index (χ4n) is 2.23. The van der Waals surface area contributed by atoms with E-state index in [9.17, 15) is 9.59 Å². The molecule has 1 saturated heterocycles. The van der Waals surface area contributed by atoms with Crippen molar-refractivity contribution in [2.24, 2.45) is 4.99 Å². The number of aliphatic imine (C=N–C) groups is 1. The van der Waals surface area contributed by atoms with Crippen LogP contribution in [-0.2, 0) is 9.59 Å². The Kier molecular flexibility index (Phi) is 8.47. The molecule has 6 nitrogen and oxygen atoms in total. The summed E-state index contributed by atoms with van der Waals surface area (Å²) in [7, 11) is 0. The zero-order valence-corrected chi connectivity index (χ0v) is 13.3. The minimum absolute atomic E-state index is 0.0575. The van der Waals surface area contributed by atoms with Crippen molar-refractivity contribution < 1.29 is 9.59 Å². The number of unbranched alkanes of at least 4 members (excludes halogenated alkanes) is 2. The molecular weight excluding hydrogens is 268 g/mol. The highest BCUT2D eigenvalue weighted by Crippen LogP contribution is 2.11. The normalized spacial score (nSPS) is 16.3. The molecule has 1 heterocycles. The van der Waals surface area contributed by atoms with Crippen molar-refractivity contribution in [2.75, 3.05) is 26.2 Å². The third-order valence-electron chi connectivity index (χ3n) is 3.39. The highest BCUT2D eigenvalue weighted by molar-refractivity contribution is 5.97. The second-order valence-electron chi connectivity index (χ2n) is 5.19. The molecule has 120 valence electrons. The van der Waals surface area contributed by atoms with E-state index in [1.54, 1.807) is 0 Å². The van der Waals surface area contributed by atoms with Gasteiger partial charge in [0.15, 0.2) is 5.96 Å². The number of carbonyl (C=O) groups is 2. The predicted octanol–water partition coefficient (Wildman–Crippen LogP) is 1.27. The lowest BCUT2D eigenvalue weighted by atomic mass is 10.1. The van der Waals surface area contributed by atoms with E-state index in [-0.39, 0.29) is 11.8 Å². The maximum Gasteiger partial charge on any atom is 0.229 e. The van der Waals surface area contributed by atoms with Crippen LogP contribution in [0.25, 0.3) is 0 Å². The van der Waals surface area contributed by atoms with Crippen LogP contribution in [0.3, 0.4) is 0 Å². The topological polar surface area (TPSA) is 73.8 Å². The summed E-state index contributed by atoms with van der Waals surface area (Å²) in [5.41, 5.74) is 0. The number of hydrogen-bond acceptors (Lipinski definition) is 3. The monoisotopic (exact) mass is 296 g/mol. The van der Waals surface area contributed by atoms with Gasteiger partial charge in [0.1, 0.15) is 0 Å². The van der Waals surface area contributed by atoms with Gasteiger partial charge in [-0.15, -0.1) is 0 Å². The lowest BCUT2D eigenvalue weighted by Crippen LogP contribution is -2.46. The maximum absolute atomic E-state index is 11.7. The molecule has 0 bridgehead atoms. The molecule has 0 radical (unpaired) electrons. The van der Waals surface area contributed by atoms with Gasteiger partial charge in [0, 0.05) is 39.0 Å². The van der Waals surface area contributed by atoms with Crippen LogP contribution in [0.15, 0.2) is 4.99 Å². The molecular formula is C15H28N4O2. The van der Waals surface area contributed by atoms with Gasteiger partial charge in [-0.3, -0.25) is 19.5 Å². The van der Waals surface area contributed by atoms with E-state index in [1.165, 1.54) is 17.7 Å². The Labute approximate surface area is 127 Å². The summed E-state index contributed by atoms with van der Waals surface area (Å²) in [4.78, 5) is 29.2. The van der Waals surface area contributed by atoms with E-state index in [0.29, 0.717) is 32.4 Å². The number of nitrogens with zero attached hydrogens (tertiary/aromatic N) is 2. The van der Waals surface area contributed by atoms with Gasteiger partial charge in [-0.25, -0.2) is 0 Å². The van der Waals surface area contributed by atoms with E-state index >= 15 is 0 Å². The number of nitrogens with one attached hydrogen (secondary N) is 2. The number of amides is 2. The van der Waals surface area contributed by atoms with E-state index < -0.39 is 0 Å². The number of hydrogen-bond donors (Lipinski definition) is 2. The molecule has 2 amide bonds. The third-order valence-corrected chi connectivity index (χ3v) is 3.39. The second-order valence-corrected chi connectivity index (χ2v) is 5.19. The molecule has 0 aliphatic carbocycles. The molecule has 1 fully saturated rings. The number of likely N-dealkylation sites (tertiary alicyclic amines) is 1. The van der Waals surface area contributed by atoms with Crippen molar-refractivity contribution in [1.82, 2.24) is 15.5 Å². The summed E-state index contributed by atoms with van der Waals surface area (Å²) in [5.74, 6) is 0.640. The van der Waals surface area contributed by atoms with E-state index in [4.69, 9.17) is 0 Å². The first-order valence-corrected chi connectivity index (χ1v) is 8.04. The predicted molar refractivity (Wildman–Crippen MR) is 84.1 cm³/mol. The van der Waals surface area contributed by atoms with E-state index in [0.717, 1.165) is 25.5 Å². The summed E-state index contributed by atoms with van der Waals surface area (Å²) in [6.07, 6.45) is 5.09. The SMILES string of the molecule is CCCCCN=C(NCC)NCCN1C(=O)CCCC1=O. The van der Waals surface area contributed by atoms with Gasteiger partial charge in [-0.05, 0) is 19.8 Å². The van der Waals surface area contributed by atoms with Gasteiger partial charge in [-0.2, -0.15) is 0 Å². The molecule has 0 aromatic rings. The number of carbonyl (C=O) groups excluding carboxylic acids is 2. The molecule has 2 N–H and O–H groups in total. The van der Waals surface area contributed by atoms with Crippen molar-refractivity contribution in [3.63, 3.8) is 0 Å². The Morgan fingerprint density at radius 1 is 1.14 bits per heavy atom. The van der Waals surface area contributed by atoms with Crippen molar-refractivity contribution in [1.29, 1.82) is 0 Å². The Morgan fingerprint density at radius 2 is 1.86 bits per heavy atom. The van der Waals surface area contributed by atoms with Crippen LogP contribution in [0, 0.1) is 0 Å². The molecule has 0 aromatic heterocycles. The summed E-state index contributed by atoms with van der Waals surface area (Å²) in [6, 6.07) is 0. The number of imide groups is 1. The summed E-state index contributed by atoms with van der Waals surface area (Å²) in [6.45, 7) is 6.72. The van der Waals surface area contributed by atoms with Crippen molar-refractivity contribution in [3.05, 3.63) is 0 Å². The molecule has 6 heteroatoms. The fourth-order valence-corrected chi connectivity index (χ4v) is 2.23. The molecule has 21 heavy (non-hydrogen) atoms. The standard InChI is InChI=1S/C15H28N4O2/c1-3-5-6-10-17-15(16-4-2)18-11-12-19-13(20)8-7-9-14(19)21/h3-12H2,1-2H3,(H2,16,17,18). The molecule has 0 atom stereocenters. The minimum Gasteiger partial charge on any atom is -0.357 e. The Bertz CT molecular complexity index is 353. The first-order chi connectivity index (χ1) is 10.2. The summed E-state index contributed by atoms with van der Waals surface area (Å²) >= 11 is 0. The lowest BCUT2D eigenvalue weighted by molar-refractivity contribution is -0.147. The first kappa shape index (κ1) is 17.5. The van der Waals surface area contributed by atoms with Crippen molar-refractivity contribution >= 4 is 17.8 Å². The summed E-state index contributed by atoms with van der Waals surface area (Å²) < 4.78 is 0. The van der Waals surface area contributed by atoms with Crippen LogP contribution in [0.1, 0.15) is 52.4 Å².